The molecule has 0 saturated heterocycles. The SMILES string of the molecule is CCNC(=O)[C@@H](C)N(Cc1cccc(Cl)c1)C(=O)CCCN(c1cccc(C(F)(F)F)c1)S(C)(=O)=O. The van der Waals surface area contributed by atoms with Crippen LogP contribution in [0.25, 0.3) is 0 Å². The maximum atomic E-state index is 13.1. The molecule has 0 radical (unpaired) electrons. The predicted molar refractivity (Wildman–Crippen MR) is 133 cm³/mol. The molecule has 2 aromatic rings. The summed E-state index contributed by atoms with van der Waals surface area (Å²) in [6, 6.07) is 10.0. The van der Waals surface area contributed by atoms with Crippen LogP contribution in [0.2, 0.25) is 5.02 Å². The first-order valence-corrected chi connectivity index (χ1v) is 13.4. The second-order valence-electron chi connectivity index (χ2n) is 8.21. The summed E-state index contributed by atoms with van der Waals surface area (Å²) in [6.45, 7) is 3.59. The van der Waals surface area contributed by atoms with Crippen LogP contribution in [-0.4, -0.2) is 50.5 Å². The number of anilines is 1. The molecule has 2 aromatic carbocycles. The molecule has 0 aromatic heterocycles. The van der Waals surface area contributed by atoms with Crippen molar-refractivity contribution in [2.24, 2.45) is 0 Å². The number of sulfonamides is 1. The van der Waals surface area contributed by atoms with Gasteiger partial charge in [-0.2, -0.15) is 13.2 Å². The molecule has 1 N–H and O–H groups in total. The van der Waals surface area contributed by atoms with Gasteiger partial charge in [-0.15, -0.1) is 0 Å². The van der Waals surface area contributed by atoms with Gasteiger partial charge in [-0.25, -0.2) is 8.42 Å². The van der Waals surface area contributed by atoms with Gasteiger partial charge in [0.1, 0.15) is 6.04 Å². The lowest BCUT2D eigenvalue weighted by Crippen LogP contribution is -2.47. The standard InChI is InChI=1S/C24H29ClF3N3O4S/c1-4-29-23(33)17(2)30(16-18-8-5-10-20(25)14-18)22(32)12-7-13-31(36(3,34)35)21-11-6-9-19(15-21)24(26,27)28/h5-6,8-11,14-15,17H,4,7,12-13,16H2,1-3H3,(H,29,33)/t17-/m1/s1. The minimum atomic E-state index is -4.63. The van der Waals surface area contributed by atoms with E-state index in [4.69, 9.17) is 11.6 Å². The maximum absolute atomic E-state index is 13.1. The Morgan fingerprint density at radius 1 is 1.11 bits per heavy atom. The maximum Gasteiger partial charge on any atom is 0.416 e. The topological polar surface area (TPSA) is 86.8 Å². The number of carbonyl (C=O) groups excluding carboxylic acids is 2. The first-order chi connectivity index (χ1) is 16.7. The van der Waals surface area contributed by atoms with Crippen LogP contribution in [0.5, 0.6) is 0 Å². The fourth-order valence-corrected chi connectivity index (χ4v) is 4.75. The van der Waals surface area contributed by atoms with Crippen LogP contribution in [0, 0.1) is 0 Å². The van der Waals surface area contributed by atoms with Gasteiger partial charge in [-0.05, 0) is 56.2 Å². The first kappa shape index (κ1) is 29.4. The van der Waals surface area contributed by atoms with Crippen molar-refractivity contribution in [1.82, 2.24) is 10.2 Å². The molecule has 2 amide bonds. The van der Waals surface area contributed by atoms with Gasteiger partial charge in [0.2, 0.25) is 21.8 Å². The highest BCUT2D eigenvalue weighted by Crippen LogP contribution is 2.32. The van der Waals surface area contributed by atoms with Crippen LogP contribution >= 0.6 is 11.6 Å². The zero-order valence-corrected chi connectivity index (χ0v) is 21.8. The fraction of sp³-hybridized carbons (Fsp3) is 0.417. The lowest BCUT2D eigenvalue weighted by atomic mass is 10.1. The largest absolute Gasteiger partial charge is 0.416 e. The Morgan fingerprint density at radius 2 is 1.78 bits per heavy atom. The molecular formula is C24H29ClF3N3O4S. The van der Waals surface area contributed by atoms with Gasteiger partial charge in [-0.1, -0.05) is 29.8 Å². The summed E-state index contributed by atoms with van der Waals surface area (Å²) >= 11 is 6.04. The number of alkyl halides is 3. The Kier molecular flexibility index (Phi) is 10.2. The number of halogens is 4. The molecule has 1 atom stereocenters. The smallest absolute Gasteiger partial charge is 0.355 e. The van der Waals surface area contributed by atoms with Crippen LogP contribution in [0.4, 0.5) is 18.9 Å². The number of carbonyl (C=O) groups is 2. The van der Waals surface area contributed by atoms with E-state index >= 15 is 0 Å². The summed E-state index contributed by atoms with van der Waals surface area (Å²) in [5, 5.41) is 3.14. The number of benzene rings is 2. The van der Waals surface area contributed by atoms with E-state index in [1.54, 1.807) is 38.1 Å². The Balaban J connectivity index is 2.20. The molecule has 7 nitrogen and oxygen atoms in total. The summed E-state index contributed by atoms with van der Waals surface area (Å²) in [5.74, 6) is -0.763. The fourth-order valence-electron chi connectivity index (χ4n) is 3.58. The van der Waals surface area contributed by atoms with E-state index in [0.29, 0.717) is 17.1 Å². The zero-order valence-electron chi connectivity index (χ0n) is 20.2. The highest BCUT2D eigenvalue weighted by molar-refractivity contribution is 7.92. The van der Waals surface area contributed by atoms with E-state index < -0.39 is 33.7 Å². The molecular weight excluding hydrogens is 519 g/mol. The molecule has 0 aliphatic rings. The van der Waals surface area contributed by atoms with E-state index in [2.05, 4.69) is 5.32 Å². The molecule has 0 heterocycles. The Bertz CT molecular complexity index is 1180. The second kappa shape index (κ2) is 12.4. The van der Waals surface area contributed by atoms with Gasteiger partial charge in [0.05, 0.1) is 17.5 Å². The van der Waals surface area contributed by atoms with E-state index in [0.717, 1.165) is 28.8 Å². The number of rotatable bonds is 11. The molecule has 0 unspecified atom stereocenters. The van der Waals surface area contributed by atoms with Gasteiger partial charge < -0.3 is 10.2 Å². The van der Waals surface area contributed by atoms with E-state index in [-0.39, 0.29) is 37.5 Å². The minimum absolute atomic E-state index is 0.0241. The summed E-state index contributed by atoms with van der Waals surface area (Å²) in [5.41, 5.74) is -0.423. The van der Waals surface area contributed by atoms with E-state index in [1.165, 1.54) is 11.0 Å². The molecule has 36 heavy (non-hydrogen) atoms. The Morgan fingerprint density at radius 3 is 2.36 bits per heavy atom. The molecule has 0 aliphatic carbocycles. The van der Waals surface area contributed by atoms with Gasteiger partial charge >= 0.3 is 6.18 Å². The van der Waals surface area contributed by atoms with E-state index in [1.807, 2.05) is 0 Å². The molecule has 198 valence electrons. The number of nitrogens with one attached hydrogen (secondary N) is 1. The van der Waals surface area contributed by atoms with Crippen LogP contribution in [0.1, 0.15) is 37.8 Å². The Hall–Kier alpha value is -2.79. The van der Waals surface area contributed by atoms with Crippen molar-refractivity contribution >= 4 is 39.1 Å². The summed E-state index contributed by atoms with van der Waals surface area (Å²) in [7, 11) is -3.93. The van der Waals surface area contributed by atoms with Crippen LogP contribution < -0.4 is 9.62 Å². The monoisotopic (exact) mass is 547 g/mol. The van der Waals surface area contributed by atoms with Gasteiger partial charge in [0, 0.05) is 31.1 Å². The molecule has 0 bridgehead atoms. The minimum Gasteiger partial charge on any atom is -0.355 e. The van der Waals surface area contributed by atoms with Gasteiger partial charge in [0.25, 0.3) is 0 Å². The second-order valence-corrected chi connectivity index (χ2v) is 10.6. The highest BCUT2D eigenvalue weighted by atomic mass is 35.5. The number of nitrogens with zero attached hydrogens (tertiary/aromatic N) is 2. The zero-order chi connectivity index (χ0) is 27.1. The van der Waals surface area contributed by atoms with Crippen LogP contribution in [0.3, 0.4) is 0 Å². The van der Waals surface area contributed by atoms with Crippen molar-refractivity contribution in [2.45, 2.75) is 45.5 Å². The summed E-state index contributed by atoms with van der Waals surface area (Å²) in [6.07, 6.45) is -3.85. The van der Waals surface area contributed by atoms with Crippen molar-refractivity contribution in [3.63, 3.8) is 0 Å². The molecule has 0 aliphatic heterocycles. The predicted octanol–water partition coefficient (Wildman–Crippen LogP) is 4.46. The normalized spacial score (nSPS) is 12.6. The third kappa shape index (κ3) is 8.41. The lowest BCUT2D eigenvalue weighted by molar-refractivity contribution is -0.140. The first-order valence-electron chi connectivity index (χ1n) is 11.2. The molecule has 0 saturated carbocycles. The summed E-state index contributed by atoms with van der Waals surface area (Å²) in [4.78, 5) is 26.9. The van der Waals surface area contributed by atoms with Gasteiger partial charge in [0.15, 0.2) is 0 Å². The van der Waals surface area contributed by atoms with Crippen LogP contribution in [-0.2, 0) is 32.3 Å². The van der Waals surface area contributed by atoms with Crippen LogP contribution in [0.15, 0.2) is 48.5 Å². The Labute approximate surface area is 214 Å². The van der Waals surface area contributed by atoms with Crippen molar-refractivity contribution < 1.29 is 31.2 Å². The van der Waals surface area contributed by atoms with Crippen molar-refractivity contribution in [3.05, 3.63) is 64.7 Å². The van der Waals surface area contributed by atoms with Crippen molar-refractivity contribution in [3.8, 4) is 0 Å². The number of amides is 2. The number of likely N-dealkylation sites (N-methyl/N-ethyl adjacent to an activating group) is 1. The molecule has 12 heteroatoms. The van der Waals surface area contributed by atoms with Crippen molar-refractivity contribution in [2.75, 3.05) is 23.7 Å². The number of hydrogen-bond donors (Lipinski definition) is 1. The molecule has 0 fully saturated rings. The number of hydrogen-bond acceptors (Lipinski definition) is 4. The highest BCUT2D eigenvalue weighted by Gasteiger charge is 2.32. The third-order valence-corrected chi connectivity index (χ3v) is 6.80. The average molecular weight is 548 g/mol. The third-order valence-electron chi connectivity index (χ3n) is 5.37. The summed E-state index contributed by atoms with van der Waals surface area (Å²) < 4.78 is 64.8. The quantitative estimate of drug-likeness (QED) is 0.450. The van der Waals surface area contributed by atoms with E-state index in [9.17, 15) is 31.2 Å². The molecule has 0 spiro atoms. The molecule has 2 rings (SSSR count). The average Bonchev–Trinajstić information content (AvgIpc) is 2.78. The van der Waals surface area contributed by atoms with Gasteiger partial charge in [-0.3, -0.25) is 13.9 Å². The lowest BCUT2D eigenvalue weighted by Gasteiger charge is -2.29. The van der Waals surface area contributed by atoms with Crippen molar-refractivity contribution in [1.29, 1.82) is 0 Å².